The average molecular weight is 287 g/mol. The highest BCUT2D eigenvalue weighted by atomic mass is 35.5. The number of thiocarbonyl (C=S) groups is 1. The fourth-order valence-corrected chi connectivity index (χ4v) is 1.48. The molecule has 0 fully saturated rings. The number of ether oxygens (including phenoxy) is 1. The van der Waals surface area contributed by atoms with E-state index < -0.39 is 0 Å². The molecule has 0 aromatic heterocycles. The van der Waals surface area contributed by atoms with Crippen molar-refractivity contribution in [1.82, 2.24) is 10.6 Å². The molecule has 0 spiro atoms. The minimum absolute atomic E-state index is 0.0697. The fraction of sp³-hybridized carbons (Fsp3) is 0.333. The molecule has 0 aliphatic carbocycles. The third kappa shape index (κ3) is 5.84. The zero-order valence-electron chi connectivity index (χ0n) is 10.0. The van der Waals surface area contributed by atoms with E-state index in [0.29, 0.717) is 23.3 Å². The maximum Gasteiger partial charge on any atom is 0.325 e. The summed E-state index contributed by atoms with van der Waals surface area (Å²) in [4.78, 5) is 11.1. The first kappa shape index (κ1) is 14.7. The number of carbonyl (C=O) groups excluding carboxylic acids is 1. The van der Waals surface area contributed by atoms with Crippen LogP contribution in [0.5, 0.6) is 0 Å². The Morgan fingerprint density at radius 2 is 2.00 bits per heavy atom. The second-order valence-corrected chi connectivity index (χ2v) is 4.31. The smallest absolute Gasteiger partial charge is 0.325 e. The van der Waals surface area contributed by atoms with E-state index in [9.17, 15) is 4.79 Å². The highest BCUT2D eigenvalue weighted by Gasteiger charge is 2.02. The Morgan fingerprint density at radius 1 is 1.33 bits per heavy atom. The summed E-state index contributed by atoms with van der Waals surface area (Å²) in [5.41, 5.74) is 1.06. The van der Waals surface area contributed by atoms with Crippen LogP contribution in [-0.2, 0) is 16.1 Å². The Hall–Kier alpha value is -1.33. The van der Waals surface area contributed by atoms with Gasteiger partial charge in [-0.1, -0.05) is 23.7 Å². The molecule has 0 radical (unpaired) electrons. The van der Waals surface area contributed by atoms with Crippen LogP contribution in [0, 0.1) is 0 Å². The van der Waals surface area contributed by atoms with Crippen molar-refractivity contribution in [3.05, 3.63) is 34.9 Å². The first-order valence-electron chi connectivity index (χ1n) is 5.53. The van der Waals surface area contributed by atoms with E-state index in [4.69, 9.17) is 28.6 Å². The van der Waals surface area contributed by atoms with Crippen LogP contribution in [0.3, 0.4) is 0 Å². The Morgan fingerprint density at radius 3 is 2.61 bits per heavy atom. The number of halogens is 1. The summed E-state index contributed by atoms with van der Waals surface area (Å²) in [5.74, 6) is -0.326. The van der Waals surface area contributed by atoms with Crippen molar-refractivity contribution in [3.63, 3.8) is 0 Å². The van der Waals surface area contributed by atoms with Gasteiger partial charge in [0.05, 0.1) is 6.61 Å². The van der Waals surface area contributed by atoms with Gasteiger partial charge in [-0.3, -0.25) is 4.79 Å². The van der Waals surface area contributed by atoms with Crippen LogP contribution in [0.15, 0.2) is 24.3 Å². The summed E-state index contributed by atoms with van der Waals surface area (Å²) in [6.45, 7) is 2.77. The summed E-state index contributed by atoms with van der Waals surface area (Å²) < 4.78 is 4.76. The third-order valence-corrected chi connectivity index (χ3v) is 2.61. The van der Waals surface area contributed by atoms with E-state index in [2.05, 4.69) is 10.6 Å². The predicted molar refractivity (Wildman–Crippen MR) is 75.5 cm³/mol. The molecule has 0 heterocycles. The van der Waals surface area contributed by atoms with Gasteiger partial charge in [0.2, 0.25) is 0 Å². The molecule has 0 atom stereocenters. The molecule has 0 unspecified atom stereocenters. The van der Waals surface area contributed by atoms with Gasteiger partial charge in [-0.2, -0.15) is 0 Å². The van der Waals surface area contributed by atoms with Gasteiger partial charge >= 0.3 is 5.97 Å². The quantitative estimate of drug-likeness (QED) is 0.639. The largest absolute Gasteiger partial charge is 0.465 e. The summed E-state index contributed by atoms with van der Waals surface area (Å²) in [6, 6.07) is 7.44. The molecule has 6 heteroatoms. The molecule has 1 aromatic carbocycles. The molecular formula is C12H15ClN2O2S. The number of benzene rings is 1. The topological polar surface area (TPSA) is 50.4 Å². The minimum atomic E-state index is -0.326. The van der Waals surface area contributed by atoms with Crippen molar-refractivity contribution in [1.29, 1.82) is 0 Å². The van der Waals surface area contributed by atoms with E-state index >= 15 is 0 Å². The number of hydrogen-bond acceptors (Lipinski definition) is 3. The highest BCUT2D eigenvalue weighted by molar-refractivity contribution is 7.80. The summed E-state index contributed by atoms with van der Waals surface area (Å²) >= 11 is 10.8. The molecule has 1 aromatic rings. The zero-order valence-corrected chi connectivity index (χ0v) is 11.6. The lowest BCUT2D eigenvalue weighted by atomic mass is 10.2. The van der Waals surface area contributed by atoms with Crippen molar-refractivity contribution in [2.45, 2.75) is 13.5 Å². The van der Waals surface area contributed by atoms with Crippen molar-refractivity contribution in [3.8, 4) is 0 Å². The lowest BCUT2D eigenvalue weighted by molar-refractivity contribution is -0.141. The van der Waals surface area contributed by atoms with Gasteiger partial charge in [0.1, 0.15) is 6.54 Å². The van der Waals surface area contributed by atoms with Crippen LogP contribution < -0.4 is 10.6 Å². The standard InChI is InChI=1S/C12H15ClN2O2S/c1-2-17-11(16)8-15-12(18)14-7-9-3-5-10(13)6-4-9/h3-6H,2,7-8H2,1H3,(H2,14,15,18). The third-order valence-electron chi connectivity index (χ3n) is 2.06. The number of nitrogens with one attached hydrogen (secondary N) is 2. The number of rotatable bonds is 5. The predicted octanol–water partition coefficient (Wildman–Crippen LogP) is 1.87. The maximum absolute atomic E-state index is 11.1. The van der Waals surface area contributed by atoms with Crippen molar-refractivity contribution < 1.29 is 9.53 Å². The monoisotopic (exact) mass is 286 g/mol. The molecule has 1 rings (SSSR count). The second kappa shape index (κ2) is 7.89. The Bertz CT molecular complexity index is 409. The highest BCUT2D eigenvalue weighted by Crippen LogP contribution is 2.08. The van der Waals surface area contributed by atoms with Crippen LogP contribution in [0.25, 0.3) is 0 Å². The molecular weight excluding hydrogens is 272 g/mol. The molecule has 18 heavy (non-hydrogen) atoms. The van der Waals surface area contributed by atoms with Crippen LogP contribution in [0.4, 0.5) is 0 Å². The Labute approximate surface area is 117 Å². The molecule has 0 amide bonds. The van der Waals surface area contributed by atoms with Gasteiger partial charge in [0.25, 0.3) is 0 Å². The SMILES string of the molecule is CCOC(=O)CNC(=S)NCc1ccc(Cl)cc1. The van der Waals surface area contributed by atoms with Crippen molar-refractivity contribution in [2.24, 2.45) is 0 Å². The summed E-state index contributed by atoms with van der Waals surface area (Å²) in [7, 11) is 0. The number of esters is 1. The van der Waals surface area contributed by atoms with Crippen LogP contribution in [0.1, 0.15) is 12.5 Å². The van der Waals surface area contributed by atoms with Gasteiger partial charge in [-0.05, 0) is 36.8 Å². The van der Waals surface area contributed by atoms with E-state index in [1.54, 1.807) is 6.92 Å². The Kier molecular flexibility index (Phi) is 6.46. The molecule has 4 nitrogen and oxygen atoms in total. The number of hydrogen-bond donors (Lipinski definition) is 2. The van der Waals surface area contributed by atoms with Gasteiger partial charge in [-0.25, -0.2) is 0 Å². The fourth-order valence-electron chi connectivity index (χ4n) is 1.21. The minimum Gasteiger partial charge on any atom is -0.465 e. The lowest BCUT2D eigenvalue weighted by Gasteiger charge is -2.10. The first-order valence-corrected chi connectivity index (χ1v) is 6.32. The summed E-state index contributed by atoms with van der Waals surface area (Å²) in [5, 5.41) is 6.86. The summed E-state index contributed by atoms with van der Waals surface area (Å²) in [6.07, 6.45) is 0. The van der Waals surface area contributed by atoms with E-state index in [0.717, 1.165) is 5.56 Å². The zero-order chi connectivity index (χ0) is 13.4. The van der Waals surface area contributed by atoms with Gasteiger partial charge in [0, 0.05) is 11.6 Å². The van der Waals surface area contributed by atoms with Crippen LogP contribution in [-0.4, -0.2) is 24.2 Å². The lowest BCUT2D eigenvalue weighted by Crippen LogP contribution is -2.38. The number of carbonyl (C=O) groups is 1. The van der Waals surface area contributed by atoms with Gasteiger partial charge in [-0.15, -0.1) is 0 Å². The van der Waals surface area contributed by atoms with E-state index in [1.807, 2.05) is 24.3 Å². The van der Waals surface area contributed by atoms with Gasteiger partial charge < -0.3 is 15.4 Å². The second-order valence-electron chi connectivity index (χ2n) is 3.47. The molecule has 2 N–H and O–H groups in total. The van der Waals surface area contributed by atoms with E-state index in [-0.39, 0.29) is 12.5 Å². The van der Waals surface area contributed by atoms with Crippen molar-refractivity contribution >= 4 is 34.9 Å². The van der Waals surface area contributed by atoms with Crippen LogP contribution >= 0.6 is 23.8 Å². The molecule has 0 aliphatic heterocycles. The van der Waals surface area contributed by atoms with Crippen molar-refractivity contribution in [2.75, 3.05) is 13.2 Å². The Balaban J connectivity index is 2.24. The van der Waals surface area contributed by atoms with E-state index in [1.165, 1.54) is 0 Å². The normalized spacial score (nSPS) is 9.67. The van der Waals surface area contributed by atoms with Crippen LogP contribution in [0.2, 0.25) is 5.02 Å². The molecule has 0 aliphatic rings. The molecule has 0 saturated heterocycles. The maximum atomic E-state index is 11.1. The molecule has 0 bridgehead atoms. The molecule has 98 valence electrons. The first-order chi connectivity index (χ1) is 8.61. The molecule has 0 saturated carbocycles. The van der Waals surface area contributed by atoms with Gasteiger partial charge in [0.15, 0.2) is 5.11 Å². The average Bonchev–Trinajstić information content (AvgIpc) is 2.36.